The fourth-order valence-electron chi connectivity index (χ4n) is 1.46. The Morgan fingerprint density at radius 2 is 1.79 bits per heavy atom. The van der Waals surface area contributed by atoms with Crippen LogP contribution in [0.5, 0.6) is 5.75 Å². The van der Waals surface area contributed by atoms with E-state index in [-0.39, 0.29) is 0 Å². The van der Waals surface area contributed by atoms with E-state index in [9.17, 15) is 4.79 Å². The molecule has 0 saturated carbocycles. The third kappa shape index (κ3) is 1.29. The van der Waals surface area contributed by atoms with Crippen molar-refractivity contribution in [3.63, 3.8) is 0 Å². The largest absolute Gasteiger partial charge is 0.428 e. The highest BCUT2D eigenvalue weighted by Gasteiger charge is 2.02. The van der Waals surface area contributed by atoms with Crippen LogP contribution >= 0.6 is 0 Å². The minimum atomic E-state index is 0.415. The third-order valence-electron chi connectivity index (χ3n) is 2.09. The van der Waals surface area contributed by atoms with Crippen molar-refractivity contribution in [2.24, 2.45) is 0 Å². The fourth-order valence-corrected chi connectivity index (χ4v) is 1.46. The number of carbonyl (C=O) groups excluding carboxylic acids is 1. The predicted molar refractivity (Wildman–Crippen MR) is 55.1 cm³/mol. The molecule has 0 aliphatic rings. The third-order valence-corrected chi connectivity index (χ3v) is 2.09. The van der Waals surface area contributed by atoms with E-state index in [0.29, 0.717) is 17.9 Å². The van der Waals surface area contributed by atoms with Crippen molar-refractivity contribution < 1.29 is 9.53 Å². The molecule has 0 aliphatic carbocycles. The summed E-state index contributed by atoms with van der Waals surface area (Å²) >= 11 is 0. The van der Waals surface area contributed by atoms with Crippen LogP contribution < -0.4 is 10.5 Å². The van der Waals surface area contributed by atoms with E-state index in [2.05, 4.69) is 0 Å². The summed E-state index contributed by atoms with van der Waals surface area (Å²) in [6.07, 6.45) is 0. The molecule has 3 heteroatoms. The van der Waals surface area contributed by atoms with Crippen molar-refractivity contribution in [1.29, 1.82) is 0 Å². The quantitative estimate of drug-likeness (QED) is 0.577. The maximum Gasteiger partial charge on any atom is 0.298 e. The van der Waals surface area contributed by atoms with Crippen LogP contribution in [0.25, 0.3) is 10.8 Å². The lowest BCUT2D eigenvalue weighted by atomic mass is 10.1. The molecule has 0 amide bonds. The van der Waals surface area contributed by atoms with E-state index < -0.39 is 0 Å². The van der Waals surface area contributed by atoms with E-state index in [1.54, 1.807) is 12.1 Å². The standard InChI is InChI=1S/C11H9NO2/c12-10-5-1-4-9-8(10)3-2-6-11(9)14-7-13/h1-7H,12H2. The first-order valence-electron chi connectivity index (χ1n) is 4.20. The molecule has 0 bridgehead atoms. The summed E-state index contributed by atoms with van der Waals surface area (Å²) in [5, 5.41) is 1.74. The van der Waals surface area contributed by atoms with Crippen LogP contribution in [0.1, 0.15) is 0 Å². The lowest BCUT2D eigenvalue weighted by Gasteiger charge is -2.05. The Balaban J connectivity index is 2.74. The van der Waals surface area contributed by atoms with Crippen molar-refractivity contribution >= 4 is 22.9 Å². The van der Waals surface area contributed by atoms with Gasteiger partial charge in [-0.3, -0.25) is 4.79 Å². The summed E-state index contributed by atoms with van der Waals surface area (Å²) in [5.74, 6) is 0.532. The van der Waals surface area contributed by atoms with Gasteiger partial charge in [0.1, 0.15) is 5.75 Å². The van der Waals surface area contributed by atoms with Crippen LogP contribution in [0.2, 0.25) is 0 Å². The molecule has 2 aromatic rings. The highest BCUT2D eigenvalue weighted by Crippen LogP contribution is 2.28. The Morgan fingerprint density at radius 1 is 1.07 bits per heavy atom. The van der Waals surface area contributed by atoms with Gasteiger partial charge < -0.3 is 10.5 Å². The first-order valence-corrected chi connectivity index (χ1v) is 4.20. The number of anilines is 1. The minimum Gasteiger partial charge on any atom is -0.428 e. The van der Waals surface area contributed by atoms with Crippen molar-refractivity contribution in [2.75, 3.05) is 5.73 Å². The molecule has 0 unspecified atom stereocenters. The second kappa shape index (κ2) is 3.38. The zero-order chi connectivity index (χ0) is 9.97. The van der Waals surface area contributed by atoms with Gasteiger partial charge >= 0.3 is 0 Å². The van der Waals surface area contributed by atoms with E-state index >= 15 is 0 Å². The fraction of sp³-hybridized carbons (Fsp3) is 0. The number of carbonyl (C=O) groups is 1. The number of ether oxygens (including phenoxy) is 1. The van der Waals surface area contributed by atoms with Crippen LogP contribution in [0.4, 0.5) is 5.69 Å². The number of nitrogen functional groups attached to an aromatic ring is 1. The second-order valence-electron chi connectivity index (χ2n) is 2.91. The Kier molecular flexibility index (Phi) is 2.07. The molecule has 0 aliphatic heterocycles. The number of hydrogen-bond donors (Lipinski definition) is 1. The second-order valence-corrected chi connectivity index (χ2v) is 2.91. The number of hydrogen-bond acceptors (Lipinski definition) is 3. The van der Waals surface area contributed by atoms with Gasteiger partial charge in [0.25, 0.3) is 6.47 Å². The monoisotopic (exact) mass is 187 g/mol. The molecular weight excluding hydrogens is 178 g/mol. The SMILES string of the molecule is Nc1cccc2c(OC=O)cccc12. The number of rotatable bonds is 2. The lowest BCUT2D eigenvalue weighted by Crippen LogP contribution is -1.91. The van der Waals surface area contributed by atoms with E-state index in [0.717, 1.165) is 10.8 Å². The predicted octanol–water partition coefficient (Wildman–Crippen LogP) is 1.96. The molecule has 70 valence electrons. The zero-order valence-electron chi connectivity index (χ0n) is 7.44. The summed E-state index contributed by atoms with van der Waals surface area (Å²) < 4.78 is 4.84. The molecule has 0 aromatic heterocycles. The molecule has 14 heavy (non-hydrogen) atoms. The topological polar surface area (TPSA) is 52.3 Å². The lowest BCUT2D eigenvalue weighted by molar-refractivity contribution is -0.120. The van der Waals surface area contributed by atoms with Crippen LogP contribution in [0.15, 0.2) is 36.4 Å². The average Bonchev–Trinajstić information content (AvgIpc) is 2.20. The first-order chi connectivity index (χ1) is 6.83. The number of benzene rings is 2. The van der Waals surface area contributed by atoms with Gasteiger partial charge in [-0.05, 0) is 12.1 Å². The van der Waals surface area contributed by atoms with Crippen LogP contribution in [-0.2, 0) is 4.79 Å². The smallest absolute Gasteiger partial charge is 0.298 e. The zero-order valence-corrected chi connectivity index (χ0v) is 7.44. The Hall–Kier alpha value is -2.03. The highest BCUT2D eigenvalue weighted by molar-refractivity contribution is 5.97. The summed E-state index contributed by atoms with van der Waals surface area (Å²) in [5.41, 5.74) is 6.46. The Bertz CT molecular complexity index is 480. The van der Waals surface area contributed by atoms with Crippen LogP contribution in [0, 0.1) is 0 Å². The molecule has 0 spiro atoms. The maximum atomic E-state index is 10.2. The molecule has 0 saturated heterocycles. The summed E-state index contributed by atoms with van der Waals surface area (Å²) in [6.45, 7) is 0.415. The van der Waals surface area contributed by atoms with Gasteiger partial charge in [-0.15, -0.1) is 0 Å². The maximum absolute atomic E-state index is 10.2. The van der Waals surface area contributed by atoms with Gasteiger partial charge in [-0.1, -0.05) is 24.3 Å². The first kappa shape index (κ1) is 8.56. The molecule has 2 rings (SSSR count). The average molecular weight is 187 g/mol. The molecule has 2 N–H and O–H groups in total. The van der Waals surface area contributed by atoms with Gasteiger partial charge in [0.05, 0.1) is 0 Å². The van der Waals surface area contributed by atoms with Gasteiger partial charge in [0, 0.05) is 16.5 Å². The molecule has 0 atom stereocenters. The molecule has 0 fully saturated rings. The van der Waals surface area contributed by atoms with Crippen molar-refractivity contribution in [2.45, 2.75) is 0 Å². The van der Waals surface area contributed by atoms with Crippen molar-refractivity contribution in [3.05, 3.63) is 36.4 Å². The number of fused-ring (bicyclic) bond motifs is 1. The minimum absolute atomic E-state index is 0.415. The summed E-state index contributed by atoms with van der Waals surface area (Å²) in [7, 11) is 0. The summed E-state index contributed by atoms with van der Waals surface area (Å²) in [6, 6.07) is 10.9. The van der Waals surface area contributed by atoms with E-state index in [4.69, 9.17) is 10.5 Å². The number of nitrogens with two attached hydrogens (primary N) is 1. The van der Waals surface area contributed by atoms with Gasteiger partial charge in [0.2, 0.25) is 0 Å². The van der Waals surface area contributed by atoms with Gasteiger partial charge in [-0.25, -0.2) is 0 Å². The van der Waals surface area contributed by atoms with E-state index in [1.165, 1.54) is 0 Å². The summed E-state index contributed by atoms with van der Waals surface area (Å²) in [4.78, 5) is 10.2. The highest BCUT2D eigenvalue weighted by atomic mass is 16.5. The Morgan fingerprint density at radius 3 is 2.57 bits per heavy atom. The molecule has 0 heterocycles. The molecule has 0 radical (unpaired) electrons. The molecule has 2 aromatic carbocycles. The van der Waals surface area contributed by atoms with Crippen LogP contribution in [0.3, 0.4) is 0 Å². The van der Waals surface area contributed by atoms with E-state index in [1.807, 2.05) is 24.3 Å². The van der Waals surface area contributed by atoms with Gasteiger partial charge in [-0.2, -0.15) is 0 Å². The Labute approximate surface area is 81.1 Å². The van der Waals surface area contributed by atoms with Gasteiger partial charge in [0.15, 0.2) is 0 Å². The molecule has 3 nitrogen and oxygen atoms in total. The van der Waals surface area contributed by atoms with Crippen LogP contribution in [-0.4, -0.2) is 6.47 Å². The normalized spacial score (nSPS) is 10.0. The molecular formula is C11H9NO2. The van der Waals surface area contributed by atoms with Crippen molar-refractivity contribution in [1.82, 2.24) is 0 Å². The van der Waals surface area contributed by atoms with Crippen molar-refractivity contribution in [3.8, 4) is 5.75 Å².